The van der Waals surface area contributed by atoms with E-state index in [9.17, 15) is 9.90 Å². The molecule has 5 nitrogen and oxygen atoms in total. The Morgan fingerprint density at radius 1 is 1.00 bits per heavy atom. The molecule has 0 saturated carbocycles. The summed E-state index contributed by atoms with van der Waals surface area (Å²) in [6, 6.07) is 24.6. The molecule has 0 spiro atoms. The zero-order valence-electron chi connectivity index (χ0n) is 18.7. The number of ether oxygens (including phenoxy) is 2. The number of carbonyl (C=O) groups is 1. The Labute approximate surface area is 212 Å². The predicted octanol–water partition coefficient (Wildman–Crippen LogP) is 6.75. The third kappa shape index (κ3) is 5.26. The lowest BCUT2D eigenvalue weighted by Gasteiger charge is -2.28. The van der Waals surface area contributed by atoms with Crippen LogP contribution in [0.25, 0.3) is 23.1 Å². The first-order valence-electron chi connectivity index (χ1n) is 11.1. The van der Waals surface area contributed by atoms with E-state index in [-0.39, 0.29) is 5.56 Å². The van der Waals surface area contributed by atoms with Gasteiger partial charge in [-0.2, -0.15) is 0 Å². The molecule has 0 amide bonds. The minimum atomic E-state index is -0.952. The van der Waals surface area contributed by atoms with Crippen molar-refractivity contribution in [3.05, 3.63) is 106 Å². The summed E-state index contributed by atoms with van der Waals surface area (Å²) in [7, 11) is 0. The summed E-state index contributed by atoms with van der Waals surface area (Å²) < 4.78 is 12.2. The topological polar surface area (TPSA) is 68.7 Å². The van der Waals surface area contributed by atoms with Crippen LogP contribution in [-0.2, 0) is 15.3 Å². The van der Waals surface area contributed by atoms with E-state index in [1.807, 2.05) is 72.8 Å². The second kappa shape index (κ2) is 10.2. The van der Waals surface area contributed by atoms with Crippen LogP contribution in [0.5, 0.6) is 0 Å². The van der Waals surface area contributed by atoms with Gasteiger partial charge in [0.1, 0.15) is 0 Å². The maximum absolute atomic E-state index is 11.6. The Kier molecular flexibility index (Phi) is 6.88. The summed E-state index contributed by atoms with van der Waals surface area (Å²) in [5.41, 5.74) is 3.81. The van der Waals surface area contributed by atoms with Crippen LogP contribution in [-0.4, -0.2) is 35.0 Å². The van der Waals surface area contributed by atoms with E-state index in [0.29, 0.717) is 28.9 Å². The highest BCUT2D eigenvalue weighted by Gasteiger charge is 2.39. The number of hydrogen-bond donors (Lipinski definition) is 1. The highest BCUT2D eigenvalue weighted by molar-refractivity contribution is 7.99. The molecule has 0 atom stereocenters. The van der Waals surface area contributed by atoms with Gasteiger partial charge >= 0.3 is 5.97 Å². The van der Waals surface area contributed by atoms with Crippen LogP contribution in [0.1, 0.15) is 27.2 Å². The van der Waals surface area contributed by atoms with Crippen LogP contribution < -0.4 is 0 Å². The molecule has 0 aliphatic carbocycles. The molecule has 4 aromatic rings. The van der Waals surface area contributed by atoms with E-state index in [4.69, 9.17) is 21.1 Å². The SMILES string of the molecule is O=C(O)c1ccccc1SCC1(c2cccc(/C=C/c3ccc4ccc(Cl)cc4n3)c2)OCCO1. The van der Waals surface area contributed by atoms with Crippen LogP contribution in [0, 0.1) is 0 Å². The Morgan fingerprint density at radius 2 is 1.80 bits per heavy atom. The molecule has 35 heavy (non-hydrogen) atoms. The summed E-state index contributed by atoms with van der Waals surface area (Å²) in [5.74, 6) is -1.47. The van der Waals surface area contributed by atoms with Gasteiger partial charge in [-0.15, -0.1) is 11.8 Å². The molecule has 1 N–H and O–H groups in total. The number of fused-ring (bicyclic) bond motifs is 1. The molecule has 1 aliphatic heterocycles. The lowest BCUT2D eigenvalue weighted by Crippen LogP contribution is -2.30. The number of aromatic carboxylic acids is 1. The normalized spacial score (nSPS) is 15.1. The third-order valence-electron chi connectivity index (χ3n) is 5.74. The molecule has 1 aromatic heterocycles. The average Bonchev–Trinajstić information content (AvgIpc) is 3.36. The van der Waals surface area contributed by atoms with Crippen molar-refractivity contribution >= 4 is 52.4 Å². The van der Waals surface area contributed by atoms with Gasteiger partial charge in [-0.1, -0.05) is 60.1 Å². The monoisotopic (exact) mass is 503 g/mol. The Balaban J connectivity index is 1.39. The van der Waals surface area contributed by atoms with Crippen molar-refractivity contribution in [2.24, 2.45) is 0 Å². The van der Waals surface area contributed by atoms with E-state index in [1.54, 1.807) is 18.2 Å². The van der Waals surface area contributed by atoms with Crippen LogP contribution in [0.15, 0.2) is 83.8 Å². The molecule has 1 aliphatic rings. The largest absolute Gasteiger partial charge is 0.478 e. The number of thioether (sulfide) groups is 1. The van der Waals surface area contributed by atoms with Gasteiger partial charge in [0.2, 0.25) is 5.79 Å². The zero-order chi connectivity index (χ0) is 24.3. The molecule has 1 saturated heterocycles. The van der Waals surface area contributed by atoms with Crippen molar-refractivity contribution < 1.29 is 19.4 Å². The van der Waals surface area contributed by atoms with Gasteiger partial charge in [0, 0.05) is 20.9 Å². The summed E-state index contributed by atoms with van der Waals surface area (Å²) in [6.07, 6.45) is 3.96. The van der Waals surface area contributed by atoms with Crippen molar-refractivity contribution in [2.75, 3.05) is 19.0 Å². The summed E-state index contributed by atoms with van der Waals surface area (Å²) in [5, 5.41) is 11.2. The smallest absolute Gasteiger partial charge is 0.336 e. The second-order valence-electron chi connectivity index (χ2n) is 8.07. The second-order valence-corrected chi connectivity index (χ2v) is 9.53. The molecule has 5 rings (SSSR count). The quantitative estimate of drug-likeness (QED) is 0.281. The molecular formula is C28H22ClNO4S. The fraction of sp³-hybridized carbons (Fsp3) is 0.143. The summed E-state index contributed by atoms with van der Waals surface area (Å²) >= 11 is 7.53. The van der Waals surface area contributed by atoms with Crippen molar-refractivity contribution in [3.63, 3.8) is 0 Å². The number of pyridine rings is 1. The van der Waals surface area contributed by atoms with Crippen molar-refractivity contribution in [1.82, 2.24) is 4.98 Å². The minimum absolute atomic E-state index is 0.270. The van der Waals surface area contributed by atoms with Crippen LogP contribution in [0.4, 0.5) is 0 Å². The van der Waals surface area contributed by atoms with Gasteiger partial charge in [0.05, 0.1) is 35.7 Å². The maximum atomic E-state index is 11.6. The molecule has 1 fully saturated rings. The number of rotatable bonds is 7. The number of carboxylic acid groups (broad SMARTS) is 1. The molecule has 2 heterocycles. The number of halogens is 1. The molecule has 176 valence electrons. The molecule has 3 aromatic carbocycles. The van der Waals surface area contributed by atoms with E-state index in [0.717, 1.165) is 27.7 Å². The van der Waals surface area contributed by atoms with Gasteiger partial charge in [0.15, 0.2) is 0 Å². The number of aromatic nitrogens is 1. The van der Waals surface area contributed by atoms with Crippen LogP contribution >= 0.6 is 23.4 Å². The van der Waals surface area contributed by atoms with Gasteiger partial charge in [-0.3, -0.25) is 0 Å². The first kappa shape index (κ1) is 23.6. The van der Waals surface area contributed by atoms with Gasteiger partial charge < -0.3 is 14.6 Å². The van der Waals surface area contributed by atoms with Crippen molar-refractivity contribution in [3.8, 4) is 0 Å². The van der Waals surface area contributed by atoms with E-state index in [1.165, 1.54) is 11.8 Å². The number of carboxylic acids is 1. The first-order valence-corrected chi connectivity index (χ1v) is 12.5. The minimum Gasteiger partial charge on any atom is -0.478 e. The fourth-order valence-electron chi connectivity index (χ4n) is 3.99. The van der Waals surface area contributed by atoms with E-state index in [2.05, 4.69) is 4.98 Å². The van der Waals surface area contributed by atoms with Crippen molar-refractivity contribution in [2.45, 2.75) is 10.7 Å². The highest BCUT2D eigenvalue weighted by Crippen LogP contribution is 2.38. The first-order chi connectivity index (χ1) is 17.0. The predicted molar refractivity (Wildman–Crippen MR) is 140 cm³/mol. The van der Waals surface area contributed by atoms with Crippen molar-refractivity contribution in [1.29, 1.82) is 0 Å². The zero-order valence-corrected chi connectivity index (χ0v) is 20.3. The third-order valence-corrected chi connectivity index (χ3v) is 7.16. The highest BCUT2D eigenvalue weighted by atomic mass is 35.5. The standard InChI is InChI=1S/C28H22ClNO4S/c29-22-11-9-20-10-13-23(30-25(20)17-22)12-8-19-4-3-5-21(16-19)28(33-14-15-34-28)18-35-26-7-2-1-6-24(26)27(31)32/h1-13,16-17H,14-15,18H2,(H,31,32)/b12-8+. The molecule has 0 bridgehead atoms. The van der Waals surface area contributed by atoms with Gasteiger partial charge in [-0.25, -0.2) is 9.78 Å². The summed E-state index contributed by atoms with van der Waals surface area (Å²) in [6.45, 7) is 0.954. The number of hydrogen-bond acceptors (Lipinski definition) is 5. The van der Waals surface area contributed by atoms with Gasteiger partial charge in [-0.05, 0) is 48.0 Å². The molecule has 0 unspecified atom stereocenters. The Hall–Kier alpha value is -3.16. The maximum Gasteiger partial charge on any atom is 0.336 e. The van der Waals surface area contributed by atoms with Crippen LogP contribution in [0.3, 0.4) is 0 Å². The molecule has 0 radical (unpaired) electrons. The Bertz CT molecular complexity index is 1420. The lowest BCUT2D eigenvalue weighted by atomic mass is 10.0. The van der Waals surface area contributed by atoms with Crippen LogP contribution in [0.2, 0.25) is 5.02 Å². The fourth-order valence-corrected chi connectivity index (χ4v) is 5.32. The lowest BCUT2D eigenvalue weighted by molar-refractivity contribution is -0.145. The Morgan fingerprint density at radius 3 is 2.63 bits per heavy atom. The van der Waals surface area contributed by atoms with E-state index >= 15 is 0 Å². The number of benzene rings is 3. The van der Waals surface area contributed by atoms with E-state index < -0.39 is 11.8 Å². The number of nitrogens with zero attached hydrogens (tertiary/aromatic N) is 1. The molecular weight excluding hydrogens is 482 g/mol. The van der Waals surface area contributed by atoms with Gasteiger partial charge in [0.25, 0.3) is 0 Å². The summed E-state index contributed by atoms with van der Waals surface area (Å²) in [4.78, 5) is 17.0. The average molecular weight is 504 g/mol. The molecule has 7 heteroatoms.